The molecule has 1 aliphatic heterocycles. The van der Waals surface area contributed by atoms with Gasteiger partial charge in [-0.1, -0.05) is 36.7 Å². The summed E-state index contributed by atoms with van der Waals surface area (Å²) in [5.41, 5.74) is 1.38. The maximum atomic E-state index is 5.51. The Morgan fingerprint density at radius 3 is 2.00 bits per heavy atom. The van der Waals surface area contributed by atoms with Gasteiger partial charge in [0.15, 0.2) is 11.5 Å². The highest BCUT2D eigenvalue weighted by Gasteiger charge is 2.34. The zero-order valence-electron chi connectivity index (χ0n) is 15.0. The van der Waals surface area contributed by atoms with Crippen molar-refractivity contribution in [1.29, 1.82) is 0 Å². The summed E-state index contributed by atoms with van der Waals surface area (Å²) in [6, 6.07) is 4.44. The molecule has 0 spiro atoms. The standard InChI is InChI=1S/C17H27BrN2O2.2ClH/c1-17(2,3)16(20-8-6-19-7-9-20)12-10-14(21-4)15(22-5)11-13(12)18;;/h10-11,16,19H,6-9H2,1-5H3;2*1H/t16-;;/m0../s1. The van der Waals surface area contributed by atoms with Gasteiger partial charge in [-0.15, -0.1) is 24.8 Å². The summed E-state index contributed by atoms with van der Waals surface area (Å²) >= 11 is 3.73. The quantitative estimate of drug-likeness (QED) is 0.751. The van der Waals surface area contributed by atoms with Crippen LogP contribution < -0.4 is 14.8 Å². The summed E-state index contributed by atoms with van der Waals surface area (Å²) < 4.78 is 12.0. The Labute approximate surface area is 166 Å². The largest absolute Gasteiger partial charge is 0.493 e. The van der Waals surface area contributed by atoms with Gasteiger partial charge in [0.2, 0.25) is 0 Å². The van der Waals surface area contributed by atoms with Crippen LogP contribution in [0.2, 0.25) is 0 Å². The van der Waals surface area contributed by atoms with Gasteiger partial charge in [0.25, 0.3) is 0 Å². The lowest BCUT2D eigenvalue weighted by Crippen LogP contribution is -2.48. The number of ether oxygens (including phenoxy) is 2. The van der Waals surface area contributed by atoms with E-state index in [4.69, 9.17) is 9.47 Å². The molecule has 0 bridgehead atoms. The van der Waals surface area contributed by atoms with Crippen LogP contribution in [-0.4, -0.2) is 45.3 Å². The van der Waals surface area contributed by atoms with E-state index in [1.807, 2.05) is 6.07 Å². The van der Waals surface area contributed by atoms with Gasteiger partial charge in [-0.2, -0.15) is 0 Å². The van der Waals surface area contributed by atoms with Crippen molar-refractivity contribution in [1.82, 2.24) is 10.2 Å². The van der Waals surface area contributed by atoms with E-state index in [2.05, 4.69) is 53.0 Å². The number of benzene rings is 1. The Balaban J connectivity index is 0.00000264. The first-order valence-electron chi connectivity index (χ1n) is 7.74. The van der Waals surface area contributed by atoms with Crippen LogP contribution >= 0.6 is 40.7 Å². The van der Waals surface area contributed by atoms with Crippen LogP contribution in [0.4, 0.5) is 0 Å². The third kappa shape index (κ3) is 5.40. The van der Waals surface area contributed by atoms with Crippen LogP contribution in [0.25, 0.3) is 0 Å². The van der Waals surface area contributed by atoms with Crippen molar-refractivity contribution in [3.63, 3.8) is 0 Å². The van der Waals surface area contributed by atoms with Crippen LogP contribution in [-0.2, 0) is 0 Å². The number of rotatable bonds is 4. The number of hydrogen-bond donors (Lipinski definition) is 1. The first-order chi connectivity index (χ1) is 10.4. The van der Waals surface area contributed by atoms with Gasteiger partial charge in [-0.05, 0) is 23.1 Å². The molecule has 0 aromatic heterocycles. The highest BCUT2D eigenvalue weighted by Crippen LogP contribution is 2.44. The molecule has 0 amide bonds. The van der Waals surface area contributed by atoms with Crippen LogP contribution in [0, 0.1) is 5.41 Å². The van der Waals surface area contributed by atoms with Crippen LogP contribution in [0.15, 0.2) is 16.6 Å². The highest BCUT2D eigenvalue weighted by atomic mass is 79.9. The zero-order valence-corrected chi connectivity index (χ0v) is 18.2. The summed E-state index contributed by atoms with van der Waals surface area (Å²) in [4.78, 5) is 2.56. The molecule has 0 radical (unpaired) electrons. The smallest absolute Gasteiger partial charge is 0.161 e. The number of piperazine rings is 1. The minimum absolute atomic E-state index is 0. The average molecular weight is 444 g/mol. The van der Waals surface area contributed by atoms with Crippen molar-refractivity contribution in [2.75, 3.05) is 40.4 Å². The topological polar surface area (TPSA) is 33.7 Å². The van der Waals surface area contributed by atoms with Crippen molar-refractivity contribution < 1.29 is 9.47 Å². The fraction of sp³-hybridized carbons (Fsp3) is 0.647. The van der Waals surface area contributed by atoms with Gasteiger partial charge >= 0.3 is 0 Å². The third-order valence-electron chi connectivity index (χ3n) is 4.13. The predicted octanol–water partition coefficient (Wildman–Crippen LogP) is 4.30. The molecule has 1 heterocycles. The molecule has 1 fully saturated rings. The van der Waals surface area contributed by atoms with Crippen LogP contribution in [0.5, 0.6) is 11.5 Å². The molecule has 4 nitrogen and oxygen atoms in total. The summed E-state index contributed by atoms with van der Waals surface area (Å²) in [6.07, 6.45) is 0. The van der Waals surface area contributed by atoms with Crippen molar-refractivity contribution in [2.24, 2.45) is 5.41 Å². The minimum Gasteiger partial charge on any atom is -0.493 e. The van der Waals surface area contributed by atoms with E-state index in [-0.39, 0.29) is 30.2 Å². The van der Waals surface area contributed by atoms with Gasteiger partial charge in [0, 0.05) is 36.7 Å². The Morgan fingerprint density at radius 2 is 1.54 bits per heavy atom. The lowest BCUT2D eigenvalue weighted by atomic mass is 9.81. The molecule has 0 unspecified atom stereocenters. The Hall–Kier alpha value is -0.200. The molecule has 140 valence electrons. The second-order valence-corrected chi connectivity index (χ2v) is 7.64. The Bertz CT molecular complexity index is 518. The number of nitrogens with zero attached hydrogens (tertiary/aromatic N) is 1. The van der Waals surface area contributed by atoms with Gasteiger partial charge in [0.05, 0.1) is 14.2 Å². The first-order valence-corrected chi connectivity index (χ1v) is 8.54. The van der Waals surface area contributed by atoms with E-state index in [9.17, 15) is 0 Å². The lowest BCUT2D eigenvalue weighted by Gasteiger charge is -2.43. The first kappa shape index (κ1) is 23.8. The van der Waals surface area contributed by atoms with Gasteiger partial charge in [-0.25, -0.2) is 0 Å². The van der Waals surface area contributed by atoms with Crippen molar-refractivity contribution >= 4 is 40.7 Å². The number of hydrogen-bond acceptors (Lipinski definition) is 4. The van der Waals surface area contributed by atoms with Gasteiger partial charge in [-0.3, -0.25) is 4.90 Å². The maximum Gasteiger partial charge on any atom is 0.161 e. The molecule has 7 heteroatoms. The predicted molar refractivity (Wildman–Crippen MR) is 108 cm³/mol. The van der Waals surface area contributed by atoms with Gasteiger partial charge in [0.1, 0.15) is 0 Å². The van der Waals surface area contributed by atoms with E-state index >= 15 is 0 Å². The van der Waals surface area contributed by atoms with Gasteiger partial charge < -0.3 is 14.8 Å². The molecular formula is C17H29BrCl2N2O2. The fourth-order valence-corrected chi connectivity index (χ4v) is 3.77. The lowest BCUT2D eigenvalue weighted by molar-refractivity contribution is 0.0855. The molecule has 1 aromatic carbocycles. The molecule has 24 heavy (non-hydrogen) atoms. The third-order valence-corrected chi connectivity index (χ3v) is 4.82. The molecule has 0 aliphatic carbocycles. The highest BCUT2D eigenvalue weighted by molar-refractivity contribution is 9.10. The molecule has 0 saturated carbocycles. The van der Waals surface area contributed by atoms with E-state index in [0.717, 1.165) is 42.2 Å². The molecular weight excluding hydrogens is 415 g/mol. The van der Waals surface area contributed by atoms with E-state index in [1.54, 1.807) is 14.2 Å². The van der Waals surface area contributed by atoms with E-state index in [0.29, 0.717) is 6.04 Å². The molecule has 1 N–H and O–H groups in total. The Morgan fingerprint density at radius 1 is 1.04 bits per heavy atom. The maximum absolute atomic E-state index is 5.51. The van der Waals surface area contributed by atoms with Crippen molar-refractivity contribution in [3.8, 4) is 11.5 Å². The fourth-order valence-electron chi connectivity index (χ4n) is 3.23. The molecule has 1 atom stereocenters. The summed E-state index contributed by atoms with van der Waals surface area (Å²) in [5, 5.41) is 3.43. The number of halogens is 3. The molecule has 1 saturated heterocycles. The summed E-state index contributed by atoms with van der Waals surface area (Å²) in [7, 11) is 3.36. The Kier molecular flexibility index (Phi) is 9.99. The SMILES string of the molecule is COc1cc(Br)c([C@H](N2CCNCC2)C(C)(C)C)cc1OC.Cl.Cl. The molecule has 2 rings (SSSR count). The second kappa shape index (κ2) is 10.1. The van der Waals surface area contributed by atoms with E-state index < -0.39 is 0 Å². The minimum atomic E-state index is 0. The summed E-state index contributed by atoms with van der Waals surface area (Å²) in [6.45, 7) is 11.1. The second-order valence-electron chi connectivity index (χ2n) is 6.78. The number of methoxy groups -OCH3 is 2. The normalized spacial score (nSPS) is 16.6. The summed E-state index contributed by atoms with van der Waals surface area (Å²) in [5.74, 6) is 1.54. The average Bonchev–Trinajstić information content (AvgIpc) is 2.48. The zero-order chi connectivity index (χ0) is 16.3. The van der Waals surface area contributed by atoms with Crippen molar-refractivity contribution in [3.05, 3.63) is 22.2 Å². The van der Waals surface area contributed by atoms with Crippen molar-refractivity contribution in [2.45, 2.75) is 26.8 Å². The number of nitrogens with one attached hydrogen (secondary N) is 1. The van der Waals surface area contributed by atoms with Crippen LogP contribution in [0.1, 0.15) is 32.4 Å². The molecule has 1 aliphatic rings. The van der Waals surface area contributed by atoms with E-state index in [1.165, 1.54) is 5.56 Å². The van der Waals surface area contributed by atoms with Crippen LogP contribution in [0.3, 0.4) is 0 Å². The monoisotopic (exact) mass is 442 g/mol. The molecule has 1 aromatic rings.